The fourth-order valence-electron chi connectivity index (χ4n) is 1.63. The van der Waals surface area contributed by atoms with Crippen LogP contribution in [0.2, 0.25) is 0 Å². The molecule has 0 radical (unpaired) electrons. The molecule has 0 aromatic heterocycles. The molecular weight excluding hydrogens is 186 g/mol. The van der Waals surface area contributed by atoms with Crippen molar-refractivity contribution in [3.05, 3.63) is 25.0 Å². The lowest BCUT2D eigenvalue weighted by molar-refractivity contribution is 0.172. The van der Waals surface area contributed by atoms with Crippen LogP contribution in [0.3, 0.4) is 0 Å². The van der Waals surface area contributed by atoms with Gasteiger partial charge in [0.05, 0.1) is 12.9 Å². The molecule has 1 atom stereocenters. The molecule has 0 bridgehead atoms. The van der Waals surface area contributed by atoms with E-state index >= 15 is 0 Å². The summed E-state index contributed by atoms with van der Waals surface area (Å²) in [6.45, 7) is 9.74. The zero-order valence-corrected chi connectivity index (χ0v) is 10.4. The standard InChI is InChI=1S/C13H25NO/c1-5-8-9-13(10-12-15-7-3)14(4)11-6-2/h5,7-8,13H,3,6,9-12H2,1-2,4H3/b8-5-/t13-/m0/s1. The Morgan fingerprint density at radius 2 is 2.20 bits per heavy atom. The third-order valence-corrected chi connectivity index (χ3v) is 2.53. The van der Waals surface area contributed by atoms with Crippen molar-refractivity contribution in [1.82, 2.24) is 4.90 Å². The predicted molar refractivity (Wildman–Crippen MR) is 66.9 cm³/mol. The first-order valence-corrected chi connectivity index (χ1v) is 5.80. The summed E-state index contributed by atoms with van der Waals surface area (Å²) < 4.78 is 5.19. The van der Waals surface area contributed by atoms with Gasteiger partial charge < -0.3 is 9.64 Å². The topological polar surface area (TPSA) is 12.5 Å². The Balaban J connectivity index is 3.97. The second-order valence-electron chi connectivity index (χ2n) is 3.77. The van der Waals surface area contributed by atoms with Gasteiger partial charge in [0.15, 0.2) is 0 Å². The van der Waals surface area contributed by atoms with Crippen molar-refractivity contribution >= 4 is 0 Å². The van der Waals surface area contributed by atoms with Crippen LogP contribution < -0.4 is 0 Å². The monoisotopic (exact) mass is 211 g/mol. The van der Waals surface area contributed by atoms with E-state index in [-0.39, 0.29) is 0 Å². The van der Waals surface area contributed by atoms with Crippen LogP contribution in [0.5, 0.6) is 0 Å². The summed E-state index contributed by atoms with van der Waals surface area (Å²) in [4.78, 5) is 2.41. The zero-order chi connectivity index (χ0) is 11.5. The van der Waals surface area contributed by atoms with Crippen molar-refractivity contribution in [3.8, 4) is 0 Å². The van der Waals surface area contributed by atoms with Crippen molar-refractivity contribution < 1.29 is 4.74 Å². The minimum atomic E-state index is 0.584. The largest absolute Gasteiger partial charge is 0.502 e. The third kappa shape index (κ3) is 7.20. The van der Waals surface area contributed by atoms with Gasteiger partial charge in [0, 0.05) is 6.04 Å². The average molecular weight is 211 g/mol. The van der Waals surface area contributed by atoms with Crippen molar-refractivity contribution in [2.45, 2.75) is 39.2 Å². The molecule has 0 N–H and O–H groups in total. The summed E-state index contributed by atoms with van der Waals surface area (Å²) in [6.07, 6.45) is 9.23. The summed E-state index contributed by atoms with van der Waals surface area (Å²) in [7, 11) is 2.19. The van der Waals surface area contributed by atoms with Gasteiger partial charge >= 0.3 is 0 Å². The number of allylic oxidation sites excluding steroid dienone is 1. The minimum absolute atomic E-state index is 0.584. The van der Waals surface area contributed by atoms with Crippen LogP contribution in [0.4, 0.5) is 0 Å². The maximum atomic E-state index is 5.19. The Morgan fingerprint density at radius 1 is 1.47 bits per heavy atom. The molecule has 2 nitrogen and oxygen atoms in total. The van der Waals surface area contributed by atoms with Gasteiger partial charge in [-0.15, -0.1) is 0 Å². The van der Waals surface area contributed by atoms with Gasteiger partial charge in [0.1, 0.15) is 0 Å². The molecule has 88 valence electrons. The Labute approximate surface area is 94.6 Å². The van der Waals surface area contributed by atoms with Crippen LogP contribution in [0, 0.1) is 0 Å². The molecular formula is C13H25NO. The SMILES string of the molecule is C=COCC[C@H](C/C=C\C)N(C)CCC. The van der Waals surface area contributed by atoms with Crippen molar-refractivity contribution in [2.24, 2.45) is 0 Å². The summed E-state index contributed by atoms with van der Waals surface area (Å²) in [5, 5.41) is 0. The lowest BCUT2D eigenvalue weighted by Gasteiger charge is -2.26. The highest BCUT2D eigenvalue weighted by atomic mass is 16.5. The Morgan fingerprint density at radius 3 is 2.73 bits per heavy atom. The first kappa shape index (κ1) is 14.2. The van der Waals surface area contributed by atoms with Gasteiger partial charge in [-0.25, -0.2) is 0 Å². The fraction of sp³-hybridized carbons (Fsp3) is 0.692. The van der Waals surface area contributed by atoms with Crippen molar-refractivity contribution in [3.63, 3.8) is 0 Å². The molecule has 0 aliphatic rings. The molecule has 0 aliphatic heterocycles. The van der Waals surface area contributed by atoms with Crippen LogP contribution in [-0.2, 0) is 4.74 Å². The second kappa shape index (κ2) is 9.78. The quantitative estimate of drug-likeness (QED) is 0.330. The van der Waals surface area contributed by atoms with Gasteiger partial charge in [-0.05, 0) is 39.8 Å². The van der Waals surface area contributed by atoms with E-state index in [2.05, 4.69) is 44.5 Å². The van der Waals surface area contributed by atoms with Crippen LogP contribution >= 0.6 is 0 Å². The molecule has 0 saturated heterocycles. The van der Waals surface area contributed by atoms with E-state index < -0.39 is 0 Å². The van der Waals surface area contributed by atoms with Crippen LogP contribution in [0.1, 0.15) is 33.1 Å². The highest BCUT2D eigenvalue weighted by Gasteiger charge is 2.11. The molecule has 0 unspecified atom stereocenters. The van der Waals surface area contributed by atoms with Crippen molar-refractivity contribution in [2.75, 3.05) is 20.2 Å². The van der Waals surface area contributed by atoms with Crippen molar-refractivity contribution in [1.29, 1.82) is 0 Å². The molecule has 0 aliphatic carbocycles. The number of nitrogens with zero attached hydrogens (tertiary/aromatic N) is 1. The van der Waals surface area contributed by atoms with E-state index in [0.29, 0.717) is 6.04 Å². The Hall–Kier alpha value is -0.760. The van der Waals surface area contributed by atoms with Gasteiger partial charge in [-0.1, -0.05) is 25.7 Å². The maximum Gasteiger partial charge on any atom is 0.0888 e. The molecule has 0 amide bonds. The van der Waals surface area contributed by atoms with E-state index in [4.69, 9.17) is 4.74 Å². The number of ether oxygens (including phenoxy) is 1. The molecule has 0 rings (SSSR count). The summed E-state index contributed by atoms with van der Waals surface area (Å²) in [6, 6.07) is 0.584. The molecule has 0 fully saturated rings. The third-order valence-electron chi connectivity index (χ3n) is 2.53. The Kier molecular flexibility index (Phi) is 9.29. The van der Waals surface area contributed by atoms with E-state index in [1.54, 1.807) is 0 Å². The molecule has 0 saturated carbocycles. The number of hydrogen-bond acceptors (Lipinski definition) is 2. The molecule has 0 aromatic carbocycles. The summed E-state index contributed by atoms with van der Waals surface area (Å²) in [5.41, 5.74) is 0. The summed E-state index contributed by atoms with van der Waals surface area (Å²) in [5.74, 6) is 0. The molecule has 0 spiro atoms. The van der Waals surface area contributed by atoms with Gasteiger partial charge in [0.25, 0.3) is 0 Å². The molecule has 2 heteroatoms. The first-order chi connectivity index (χ1) is 7.26. The normalized spacial score (nSPS) is 13.3. The highest BCUT2D eigenvalue weighted by molar-refractivity contribution is 4.84. The Bertz CT molecular complexity index is 177. The minimum Gasteiger partial charge on any atom is -0.502 e. The van der Waals surface area contributed by atoms with Crippen LogP contribution in [-0.4, -0.2) is 31.1 Å². The van der Waals surface area contributed by atoms with E-state index in [1.165, 1.54) is 12.7 Å². The molecule has 0 heterocycles. The van der Waals surface area contributed by atoms with Crippen LogP contribution in [0.15, 0.2) is 25.0 Å². The van der Waals surface area contributed by atoms with E-state index in [0.717, 1.165) is 26.0 Å². The lowest BCUT2D eigenvalue weighted by atomic mass is 10.1. The first-order valence-electron chi connectivity index (χ1n) is 5.80. The smallest absolute Gasteiger partial charge is 0.0888 e. The number of rotatable bonds is 9. The van der Waals surface area contributed by atoms with E-state index in [1.807, 2.05) is 0 Å². The van der Waals surface area contributed by atoms with Crippen LogP contribution in [0.25, 0.3) is 0 Å². The fourth-order valence-corrected chi connectivity index (χ4v) is 1.63. The predicted octanol–water partition coefficient (Wildman–Crippen LogP) is 3.21. The highest BCUT2D eigenvalue weighted by Crippen LogP contribution is 2.09. The lowest BCUT2D eigenvalue weighted by Crippen LogP contribution is -2.32. The van der Waals surface area contributed by atoms with Gasteiger partial charge in [-0.3, -0.25) is 0 Å². The van der Waals surface area contributed by atoms with Gasteiger partial charge in [0.2, 0.25) is 0 Å². The van der Waals surface area contributed by atoms with E-state index in [9.17, 15) is 0 Å². The zero-order valence-electron chi connectivity index (χ0n) is 10.4. The molecule has 15 heavy (non-hydrogen) atoms. The summed E-state index contributed by atoms with van der Waals surface area (Å²) >= 11 is 0. The maximum absolute atomic E-state index is 5.19. The average Bonchev–Trinajstić information content (AvgIpc) is 2.23. The second-order valence-corrected chi connectivity index (χ2v) is 3.77. The van der Waals surface area contributed by atoms with Gasteiger partial charge in [-0.2, -0.15) is 0 Å². The molecule has 0 aromatic rings. The number of hydrogen-bond donors (Lipinski definition) is 0.